The molecular weight excluding hydrogens is 300 g/mol. The van der Waals surface area contributed by atoms with Gasteiger partial charge < -0.3 is 9.84 Å². The molecule has 0 aliphatic rings. The van der Waals surface area contributed by atoms with E-state index in [0.29, 0.717) is 17.1 Å². The predicted octanol–water partition coefficient (Wildman–Crippen LogP) is 3.11. The molecule has 0 spiro atoms. The molecule has 0 aromatic heterocycles. The highest BCUT2D eigenvalue weighted by atomic mass is 32.2. The van der Waals surface area contributed by atoms with Gasteiger partial charge in [-0.15, -0.1) is 0 Å². The van der Waals surface area contributed by atoms with Gasteiger partial charge in [0, 0.05) is 0 Å². The Morgan fingerprint density at radius 2 is 1.77 bits per heavy atom. The fourth-order valence-electron chi connectivity index (χ4n) is 2.25. The molecule has 0 saturated heterocycles. The van der Waals surface area contributed by atoms with E-state index < -0.39 is 15.1 Å². The first kappa shape index (κ1) is 16.4. The molecule has 2 rings (SSSR count). The highest BCUT2D eigenvalue weighted by Crippen LogP contribution is 2.28. The van der Waals surface area contributed by atoms with Crippen molar-refractivity contribution >= 4 is 9.84 Å². The number of rotatable bonds is 5. The van der Waals surface area contributed by atoms with Crippen LogP contribution >= 0.6 is 0 Å². The van der Waals surface area contributed by atoms with Crippen molar-refractivity contribution in [1.29, 1.82) is 0 Å². The average Bonchev–Trinajstić information content (AvgIpc) is 2.49. The summed E-state index contributed by atoms with van der Waals surface area (Å²) in [6.07, 6.45) is 0.354. The van der Waals surface area contributed by atoms with Crippen molar-refractivity contribution in [2.75, 3.05) is 7.11 Å². The van der Waals surface area contributed by atoms with E-state index in [1.54, 1.807) is 43.3 Å². The van der Waals surface area contributed by atoms with Gasteiger partial charge >= 0.3 is 0 Å². The van der Waals surface area contributed by atoms with Gasteiger partial charge in [-0.3, -0.25) is 0 Å². The maximum Gasteiger partial charge on any atom is 0.181 e. The van der Waals surface area contributed by atoms with Gasteiger partial charge in [-0.1, -0.05) is 23.8 Å². The summed E-state index contributed by atoms with van der Waals surface area (Å²) in [5.74, 6) is 0.387. The summed E-state index contributed by atoms with van der Waals surface area (Å²) < 4.78 is 30.2. The van der Waals surface area contributed by atoms with Crippen LogP contribution in [-0.2, 0) is 16.3 Å². The Morgan fingerprint density at radius 3 is 2.36 bits per heavy atom. The molecule has 1 N–H and O–H groups in total. The largest absolute Gasteiger partial charge is 0.504 e. The molecule has 2 aromatic rings. The van der Waals surface area contributed by atoms with Crippen molar-refractivity contribution < 1.29 is 18.3 Å². The van der Waals surface area contributed by atoms with Crippen LogP contribution in [0.3, 0.4) is 0 Å². The van der Waals surface area contributed by atoms with Gasteiger partial charge in [-0.05, 0) is 50.1 Å². The summed E-state index contributed by atoms with van der Waals surface area (Å²) in [5.41, 5.74) is 1.83. The minimum atomic E-state index is -3.39. The monoisotopic (exact) mass is 320 g/mol. The molecular formula is C17H20O4S. The lowest BCUT2D eigenvalue weighted by atomic mass is 10.1. The normalized spacial score (nSPS) is 12.9. The van der Waals surface area contributed by atoms with E-state index in [0.717, 1.165) is 11.1 Å². The van der Waals surface area contributed by atoms with Crippen LogP contribution in [0, 0.1) is 6.92 Å². The first-order chi connectivity index (χ1) is 10.3. The van der Waals surface area contributed by atoms with Crippen LogP contribution in [0.2, 0.25) is 0 Å². The topological polar surface area (TPSA) is 63.6 Å². The molecule has 0 fully saturated rings. The highest BCUT2D eigenvalue weighted by molar-refractivity contribution is 7.92. The first-order valence-corrected chi connectivity index (χ1v) is 8.55. The molecule has 1 unspecified atom stereocenters. The number of aryl methyl sites for hydroxylation is 1. The van der Waals surface area contributed by atoms with Gasteiger partial charge in [0.15, 0.2) is 21.3 Å². The predicted molar refractivity (Wildman–Crippen MR) is 86.2 cm³/mol. The van der Waals surface area contributed by atoms with E-state index in [9.17, 15) is 13.5 Å². The van der Waals surface area contributed by atoms with E-state index in [1.807, 2.05) is 6.92 Å². The highest BCUT2D eigenvalue weighted by Gasteiger charge is 2.23. The molecule has 0 aliphatic carbocycles. The minimum Gasteiger partial charge on any atom is -0.504 e. The van der Waals surface area contributed by atoms with Gasteiger partial charge in [0.1, 0.15) is 0 Å². The summed E-state index contributed by atoms with van der Waals surface area (Å²) in [6.45, 7) is 3.61. The number of aromatic hydroxyl groups is 1. The van der Waals surface area contributed by atoms with E-state index >= 15 is 0 Å². The smallest absolute Gasteiger partial charge is 0.181 e. The number of phenols is 1. The zero-order chi connectivity index (χ0) is 16.3. The SMILES string of the molecule is COc1cc(CC(C)S(=O)(=O)c2ccc(C)cc2)ccc1O. The second-order valence-electron chi connectivity index (χ2n) is 5.38. The van der Waals surface area contributed by atoms with Crippen LogP contribution in [0.15, 0.2) is 47.4 Å². The zero-order valence-electron chi connectivity index (χ0n) is 12.9. The minimum absolute atomic E-state index is 0.0419. The summed E-state index contributed by atoms with van der Waals surface area (Å²) in [5, 5.41) is 9.02. The van der Waals surface area contributed by atoms with Gasteiger partial charge in [-0.2, -0.15) is 0 Å². The van der Waals surface area contributed by atoms with Crippen LogP contribution in [0.1, 0.15) is 18.1 Å². The average molecular weight is 320 g/mol. The van der Waals surface area contributed by atoms with Gasteiger partial charge in [0.05, 0.1) is 17.3 Å². The molecule has 1 atom stereocenters. The molecule has 0 bridgehead atoms. The number of sulfone groups is 1. The van der Waals surface area contributed by atoms with Crippen LogP contribution < -0.4 is 4.74 Å². The second kappa shape index (κ2) is 6.40. The van der Waals surface area contributed by atoms with Crippen molar-refractivity contribution in [1.82, 2.24) is 0 Å². The van der Waals surface area contributed by atoms with Gasteiger partial charge in [-0.25, -0.2) is 8.42 Å². The third-order valence-electron chi connectivity index (χ3n) is 3.65. The number of methoxy groups -OCH3 is 1. The number of benzene rings is 2. The summed E-state index contributed by atoms with van der Waals surface area (Å²) in [4.78, 5) is 0.330. The molecule has 5 heteroatoms. The van der Waals surface area contributed by atoms with Crippen molar-refractivity contribution in [3.8, 4) is 11.5 Å². The first-order valence-electron chi connectivity index (χ1n) is 7.01. The summed E-state index contributed by atoms with van der Waals surface area (Å²) in [6, 6.07) is 11.7. The third kappa shape index (κ3) is 3.42. The summed E-state index contributed by atoms with van der Waals surface area (Å²) in [7, 11) is -1.92. The lowest BCUT2D eigenvalue weighted by Gasteiger charge is -2.14. The molecule has 0 amide bonds. The zero-order valence-corrected chi connectivity index (χ0v) is 13.7. The molecule has 22 heavy (non-hydrogen) atoms. The standard InChI is InChI=1S/C17H20O4S/c1-12-4-7-15(8-5-12)22(19,20)13(2)10-14-6-9-16(18)17(11-14)21-3/h4-9,11,13,18H,10H2,1-3H3. The fourth-order valence-corrected chi connectivity index (χ4v) is 3.64. The maximum absolute atomic E-state index is 12.6. The summed E-state index contributed by atoms with van der Waals surface area (Å²) >= 11 is 0. The van der Waals surface area contributed by atoms with Gasteiger partial charge in [0.25, 0.3) is 0 Å². The Kier molecular flexibility index (Phi) is 4.76. The maximum atomic E-state index is 12.6. The number of phenolic OH excluding ortho intramolecular Hbond substituents is 1. The quantitative estimate of drug-likeness (QED) is 0.919. The number of hydrogen-bond acceptors (Lipinski definition) is 4. The Labute approximate surface area is 131 Å². The van der Waals surface area contributed by atoms with Gasteiger partial charge in [0.2, 0.25) is 0 Å². The number of ether oxygens (including phenoxy) is 1. The molecule has 0 saturated carbocycles. The van der Waals surface area contributed by atoms with Crippen molar-refractivity contribution in [3.63, 3.8) is 0 Å². The van der Waals surface area contributed by atoms with Crippen LogP contribution in [0.4, 0.5) is 0 Å². The molecule has 118 valence electrons. The molecule has 0 aliphatic heterocycles. The Morgan fingerprint density at radius 1 is 1.14 bits per heavy atom. The van der Waals surface area contributed by atoms with Crippen LogP contribution in [0.25, 0.3) is 0 Å². The Hall–Kier alpha value is -2.01. The molecule has 0 radical (unpaired) electrons. The number of hydrogen-bond donors (Lipinski definition) is 1. The molecule has 0 heterocycles. The van der Waals surface area contributed by atoms with Crippen LogP contribution in [-0.4, -0.2) is 25.9 Å². The van der Waals surface area contributed by atoms with Crippen molar-refractivity contribution in [3.05, 3.63) is 53.6 Å². The Bertz CT molecular complexity index is 749. The van der Waals surface area contributed by atoms with Crippen molar-refractivity contribution in [2.24, 2.45) is 0 Å². The second-order valence-corrected chi connectivity index (χ2v) is 7.75. The van der Waals surface area contributed by atoms with Crippen molar-refractivity contribution in [2.45, 2.75) is 30.4 Å². The lowest BCUT2D eigenvalue weighted by molar-refractivity contribution is 0.373. The van der Waals surface area contributed by atoms with E-state index in [1.165, 1.54) is 13.2 Å². The molecule has 4 nitrogen and oxygen atoms in total. The molecule has 2 aromatic carbocycles. The van der Waals surface area contributed by atoms with Crippen LogP contribution in [0.5, 0.6) is 11.5 Å². The van der Waals surface area contributed by atoms with E-state index in [4.69, 9.17) is 4.74 Å². The van der Waals surface area contributed by atoms with E-state index in [-0.39, 0.29) is 5.75 Å². The Balaban J connectivity index is 2.24. The lowest BCUT2D eigenvalue weighted by Crippen LogP contribution is -2.20. The van der Waals surface area contributed by atoms with E-state index in [2.05, 4.69) is 0 Å². The fraction of sp³-hybridized carbons (Fsp3) is 0.294. The third-order valence-corrected chi connectivity index (χ3v) is 5.80.